The fourth-order valence-electron chi connectivity index (χ4n) is 0. The first kappa shape index (κ1) is 12.0. The van der Waals surface area contributed by atoms with E-state index in [1.165, 1.54) is 0 Å². The van der Waals surface area contributed by atoms with Crippen LogP contribution in [-0.4, -0.2) is 4.32 Å². The van der Waals surface area contributed by atoms with E-state index < -0.39 is 4.32 Å². The molecule has 6 heteroatoms. The molecule has 0 saturated heterocycles. The van der Waals surface area contributed by atoms with Crippen molar-refractivity contribution in [1.82, 2.24) is 0 Å². The van der Waals surface area contributed by atoms with Crippen LogP contribution in [-0.2, 0) is 0 Å². The van der Waals surface area contributed by atoms with Gasteiger partial charge < -0.3 is 62.4 Å². The monoisotopic (exact) mass is 398 g/mol. The second-order valence-corrected chi connectivity index (χ2v) is 45.9. The van der Waals surface area contributed by atoms with Crippen LogP contribution in [0.25, 0.3) is 0 Å². The first-order chi connectivity index (χ1) is 2.00. The first-order valence-corrected chi connectivity index (χ1v) is 14.6. The van der Waals surface area contributed by atoms with Gasteiger partial charge in [0.2, 0.25) is 0 Å². The van der Waals surface area contributed by atoms with Gasteiger partial charge in [0.15, 0.2) is 0 Å². The predicted octanol–water partition coefficient (Wildman–Crippen LogP) is 0.0457. The maximum atomic E-state index is 3.36. The van der Waals surface area contributed by atoms with Crippen molar-refractivity contribution >= 4 is 66.7 Å². The molecule has 0 aliphatic heterocycles. The van der Waals surface area contributed by atoms with Gasteiger partial charge in [0, 0.05) is 0 Å². The summed E-state index contributed by atoms with van der Waals surface area (Å²) in [5, 5.41) is 0. The van der Waals surface area contributed by atoms with E-state index in [9.17, 15) is 0 Å². The molecule has 0 atom stereocenters. The molecule has 0 aliphatic carbocycles. The zero-order valence-electron chi connectivity index (χ0n) is 3.09. The third-order valence-corrected chi connectivity index (χ3v) is 0. The molecule has 0 aliphatic rings. The smallest absolute Gasteiger partial charge is 0.363 e. The fraction of sp³-hybridized carbons (Fsp3) is 0. The third kappa shape index (κ3) is 26.6. The number of halogens is 4. The van der Waals surface area contributed by atoms with Crippen LogP contribution in [0.3, 0.4) is 0 Å². The Morgan fingerprint density at radius 1 is 1.17 bits per heavy atom. The summed E-state index contributed by atoms with van der Waals surface area (Å²) in [5.41, 5.74) is 0. The Bertz CT molecular complexity index is 26.3. The molecular weight excluding hydrogens is 401 g/mol. The van der Waals surface area contributed by atoms with Crippen molar-refractivity contribution in [2.75, 3.05) is 0 Å². The maximum absolute atomic E-state index is 3.36. The Labute approximate surface area is 83.7 Å². The van der Waals surface area contributed by atoms with Crippen LogP contribution >= 0.6 is 62.4 Å². The van der Waals surface area contributed by atoms with Crippen LogP contribution < -0.4 is 18.9 Å². The van der Waals surface area contributed by atoms with Gasteiger partial charge in [0.05, 0.1) is 0 Å². The summed E-state index contributed by atoms with van der Waals surface area (Å²) >= 11 is 12.4. The standard InChI is InChI=1S/Al.3BrH.HI.Li/h;4*1H;/q+3;;;;;+1/p-4. The van der Waals surface area contributed by atoms with Crippen LogP contribution in [0.2, 0.25) is 0 Å². The molecule has 0 fully saturated rings. The number of rotatable bonds is 0. The van der Waals surface area contributed by atoms with Crippen LogP contribution in [0.1, 0.15) is 0 Å². The van der Waals surface area contributed by atoms with Crippen LogP contribution in [0.5, 0.6) is 0 Å². The first-order valence-electron chi connectivity index (χ1n) is 0.873. The zero-order chi connectivity index (χ0) is 4.50. The van der Waals surface area contributed by atoms with E-state index in [1.54, 1.807) is 0 Å². The minimum absolute atomic E-state index is 0. The number of hydrogen-bond acceptors (Lipinski definition) is 0. The van der Waals surface area contributed by atoms with E-state index in [0.717, 1.165) is 0 Å². The molecule has 0 unspecified atom stereocenters. The van der Waals surface area contributed by atoms with Gasteiger partial charge in [-0.05, 0) is 0 Å². The van der Waals surface area contributed by atoms with Crippen LogP contribution in [0.4, 0.5) is 0 Å². The van der Waals surface area contributed by atoms with Gasteiger partial charge in [-0.25, -0.2) is 0 Å². The Balaban J connectivity index is 0. The SMILES string of the molecule is [Br][Al-]([Br])([Br])[I].[Li+]. The van der Waals surface area contributed by atoms with E-state index >= 15 is 0 Å². The van der Waals surface area contributed by atoms with Gasteiger partial charge in [-0.1, -0.05) is 0 Å². The molecule has 6 heavy (non-hydrogen) atoms. The van der Waals surface area contributed by atoms with Crippen LogP contribution in [0.15, 0.2) is 0 Å². The zero-order valence-corrected chi connectivity index (χ0v) is 11.2. The van der Waals surface area contributed by atoms with Gasteiger partial charge >= 0.3 is 23.2 Å². The van der Waals surface area contributed by atoms with E-state index in [-0.39, 0.29) is 18.9 Å². The fourth-order valence-corrected chi connectivity index (χ4v) is 0. The van der Waals surface area contributed by atoms with Crippen molar-refractivity contribution in [2.24, 2.45) is 0 Å². The summed E-state index contributed by atoms with van der Waals surface area (Å²) < 4.78 is -1.43. The molecule has 0 amide bonds. The average Bonchev–Trinajstić information content (AvgIpc) is 0.722. The van der Waals surface area contributed by atoms with E-state index in [0.29, 0.717) is 0 Å². The normalized spacial score (nSPS) is 10.0. The van der Waals surface area contributed by atoms with E-state index in [4.69, 9.17) is 0 Å². The Kier molecular flexibility index (Phi) is 10.2. The van der Waals surface area contributed by atoms with Gasteiger partial charge in [-0.15, -0.1) is 0 Å². The molecule has 0 aromatic heterocycles. The quantitative estimate of drug-likeness (QED) is 0.398. The van der Waals surface area contributed by atoms with E-state index in [1.807, 2.05) is 0 Å². The van der Waals surface area contributed by atoms with Gasteiger partial charge in [0.1, 0.15) is 0 Å². The summed E-state index contributed by atoms with van der Waals surface area (Å²) in [4.78, 5) is 0. The molecule has 0 bridgehead atoms. The van der Waals surface area contributed by atoms with Crippen LogP contribution in [0, 0.1) is 0 Å². The predicted molar refractivity (Wildman–Crippen MR) is 46.6 cm³/mol. The molecule has 0 aromatic rings. The van der Waals surface area contributed by atoms with Gasteiger partial charge in [-0.3, -0.25) is 0 Å². The second-order valence-electron chi connectivity index (χ2n) is 0.495. The third-order valence-electron chi connectivity index (χ3n) is 0. The summed E-state index contributed by atoms with van der Waals surface area (Å²) in [6, 6.07) is 0. The number of hydrogen-bond donors (Lipinski definition) is 0. The van der Waals surface area contributed by atoms with Crippen molar-refractivity contribution in [1.29, 1.82) is 0 Å². The van der Waals surface area contributed by atoms with Gasteiger partial charge in [-0.2, -0.15) is 0 Å². The van der Waals surface area contributed by atoms with E-state index in [2.05, 4.69) is 62.4 Å². The van der Waals surface area contributed by atoms with Crippen molar-refractivity contribution in [2.45, 2.75) is 0 Å². The molecule has 0 radical (unpaired) electrons. The van der Waals surface area contributed by atoms with Crippen molar-refractivity contribution in [3.63, 3.8) is 0 Å². The molecule has 32 valence electrons. The minimum atomic E-state index is -1.43. The second kappa shape index (κ2) is 5.11. The summed E-state index contributed by atoms with van der Waals surface area (Å²) in [5.74, 6) is 0. The Hall–Kier alpha value is 3.30. The average molecular weight is 401 g/mol. The summed E-state index contributed by atoms with van der Waals surface area (Å²) in [7, 11) is 0. The maximum Gasteiger partial charge on any atom is 1.00 e. The molecule has 0 heterocycles. The largest absolute Gasteiger partial charge is 1.00 e. The Morgan fingerprint density at radius 2 is 1.17 bits per heavy atom. The van der Waals surface area contributed by atoms with Crippen molar-refractivity contribution in [3.8, 4) is 0 Å². The molecule has 0 aromatic carbocycles. The van der Waals surface area contributed by atoms with Gasteiger partial charge in [0.25, 0.3) is 0 Å². The topological polar surface area (TPSA) is 0 Å². The molecular formula is AlBr3ILi. The van der Waals surface area contributed by atoms with Crippen molar-refractivity contribution in [3.05, 3.63) is 0 Å². The molecule has 0 nitrogen and oxygen atoms in total. The summed E-state index contributed by atoms with van der Waals surface area (Å²) in [6.07, 6.45) is 0. The molecule has 0 spiro atoms. The Morgan fingerprint density at radius 3 is 1.17 bits per heavy atom. The molecule has 0 saturated carbocycles. The molecule has 0 N–H and O–H groups in total. The minimum Gasteiger partial charge on any atom is -0.363 e. The molecule has 0 rings (SSSR count). The summed E-state index contributed by atoms with van der Waals surface area (Å²) in [6.45, 7) is 0. The van der Waals surface area contributed by atoms with Crippen molar-refractivity contribution < 1.29 is 18.9 Å².